The van der Waals surface area contributed by atoms with Crippen molar-refractivity contribution >= 4 is 17.3 Å². The maximum Gasteiger partial charge on any atom is 0.326 e. The number of aliphatic hydroxyl groups excluding tert-OH is 1. The van der Waals surface area contributed by atoms with Crippen molar-refractivity contribution in [3.05, 3.63) is 16.1 Å². The van der Waals surface area contributed by atoms with E-state index in [9.17, 15) is 4.79 Å². The third-order valence-electron chi connectivity index (χ3n) is 3.56. The molecular weight excluding hydrogens is 288 g/mol. The van der Waals surface area contributed by atoms with Crippen molar-refractivity contribution in [1.82, 2.24) is 4.98 Å². The minimum Gasteiger partial charge on any atom is -0.480 e. The number of aromatic nitrogens is 1. The predicted octanol–water partition coefficient (Wildman–Crippen LogP) is 2.36. The van der Waals surface area contributed by atoms with E-state index < -0.39 is 18.1 Å². The minimum atomic E-state index is -1.63. The van der Waals surface area contributed by atoms with Crippen LogP contribution in [-0.2, 0) is 17.6 Å². The maximum atomic E-state index is 11.1. The van der Waals surface area contributed by atoms with E-state index >= 15 is 0 Å². The molecule has 0 radical (unpaired) electrons. The summed E-state index contributed by atoms with van der Waals surface area (Å²) in [4.78, 5) is 15.5. The molecule has 0 aromatic carbocycles. The van der Waals surface area contributed by atoms with Crippen LogP contribution in [0.3, 0.4) is 0 Å². The van der Waals surface area contributed by atoms with Crippen LogP contribution >= 0.6 is 11.3 Å². The molecule has 1 aromatic rings. The fraction of sp³-hybridized carbons (Fsp3) is 0.733. The molecule has 0 fully saturated rings. The number of hydrogen-bond donors (Lipinski definition) is 3. The highest BCUT2D eigenvalue weighted by Crippen LogP contribution is 2.18. The van der Waals surface area contributed by atoms with Crippen LogP contribution in [0.15, 0.2) is 5.38 Å². The van der Waals surface area contributed by atoms with Gasteiger partial charge in [-0.15, -0.1) is 11.3 Å². The quantitative estimate of drug-likeness (QED) is 0.545. The Bertz CT molecular complexity index is 436. The van der Waals surface area contributed by atoms with Gasteiger partial charge in [-0.05, 0) is 12.8 Å². The Morgan fingerprint density at radius 2 is 2.00 bits per heavy atom. The second kappa shape index (κ2) is 9.12. The number of nitrogens with zero attached hydrogens (tertiary/aromatic N) is 1. The molecule has 0 amide bonds. The molecule has 1 heterocycles. The first-order valence-electron chi connectivity index (χ1n) is 7.58. The van der Waals surface area contributed by atoms with E-state index in [1.165, 1.54) is 43.4 Å². The average molecular weight is 314 g/mol. The van der Waals surface area contributed by atoms with Crippen LogP contribution in [-0.4, -0.2) is 33.3 Å². The van der Waals surface area contributed by atoms with E-state index in [4.69, 9.17) is 15.9 Å². The van der Waals surface area contributed by atoms with Crippen LogP contribution in [0.4, 0.5) is 0 Å². The van der Waals surface area contributed by atoms with Crippen molar-refractivity contribution < 1.29 is 15.0 Å². The van der Waals surface area contributed by atoms with Crippen molar-refractivity contribution in [2.75, 3.05) is 6.61 Å². The van der Waals surface area contributed by atoms with Gasteiger partial charge in [-0.3, -0.25) is 4.79 Å². The fourth-order valence-electron chi connectivity index (χ4n) is 2.10. The molecule has 0 spiro atoms. The summed E-state index contributed by atoms with van der Waals surface area (Å²) in [6.45, 7) is 1.62. The standard InChI is InChI=1S/C15H26N2O3S/c1-2-3-4-5-6-7-8-12-10-21-13(17-12)9-15(16,11-18)14(19)20/h10,18H,2-9,11,16H2,1H3,(H,19,20). The number of aliphatic hydroxyl groups is 1. The molecule has 0 aliphatic heterocycles. The zero-order valence-corrected chi connectivity index (χ0v) is 13.5. The summed E-state index contributed by atoms with van der Waals surface area (Å²) in [7, 11) is 0. The zero-order chi connectivity index (χ0) is 15.7. The smallest absolute Gasteiger partial charge is 0.326 e. The molecule has 1 aromatic heterocycles. The van der Waals surface area contributed by atoms with E-state index in [0.717, 1.165) is 18.5 Å². The van der Waals surface area contributed by atoms with Gasteiger partial charge in [-0.2, -0.15) is 0 Å². The number of thiazole rings is 1. The highest BCUT2D eigenvalue weighted by molar-refractivity contribution is 7.09. The second-order valence-electron chi connectivity index (χ2n) is 5.55. The summed E-state index contributed by atoms with van der Waals surface area (Å²) in [5, 5.41) is 20.8. The molecule has 1 unspecified atom stereocenters. The van der Waals surface area contributed by atoms with Crippen LogP contribution in [0, 0.1) is 0 Å². The van der Waals surface area contributed by atoms with Crippen LogP contribution in [0.25, 0.3) is 0 Å². The van der Waals surface area contributed by atoms with Gasteiger partial charge in [0, 0.05) is 11.8 Å². The van der Waals surface area contributed by atoms with E-state index in [-0.39, 0.29) is 6.42 Å². The Hall–Kier alpha value is -0.980. The minimum absolute atomic E-state index is 0.0694. The lowest BCUT2D eigenvalue weighted by molar-refractivity contribution is -0.144. The van der Waals surface area contributed by atoms with Gasteiger partial charge in [0.2, 0.25) is 0 Å². The first-order valence-corrected chi connectivity index (χ1v) is 8.46. The predicted molar refractivity (Wildman–Crippen MR) is 84.5 cm³/mol. The van der Waals surface area contributed by atoms with Gasteiger partial charge in [-0.1, -0.05) is 39.0 Å². The third kappa shape index (κ3) is 6.11. The van der Waals surface area contributed by atoms with E-state index in [1.807, 2.05) is 5.38 Å². The largest absolute Gasteiger partial charge is 0.480 e. The first kappa shape index (κ1) is 18.1. The van der Waals surface area contributed by atoms with Crippen molar-refractivity contribution in [3.63, 3.8) is 0 Å². The molecule has 6 heteroatoms. The summed E-state index contributed by atoms with van der Waals surface area (Å²) in [5.41, 5.74) is 5.03. The molecule has 0 saturated heterocycles. The molecule has 0 aliphatic carbocycles. The highest BCUT2D eigenvalue weighted by Gasteiger charge is 2.34. The monoisotopic (exact) mass is 314 g/mol. The Balaban J connectivity index is 2.38. The third-order valence-corrected chi connectivity index (χ3v) is 4.46. The number of hydrogen-bond acceptors (Lipinski definition) is 5. The number of carbonyl (C=O) groups is 1. The lowest BCUT2D eigenvalue weighted by Crippen LogP contribution is -2.53. The molecule has 0 aliphatic rings. The van der Waals surface area contributed by atoms with E-state index in [1.54, 1.807) is 0 Å². The zero-order valence-electron chi connectivity index (χ0n) is 12.7. The molecule has 21 heavy (non-hydrogen) atoms. The summed E-state index contributed by atoms with van der Waals surface area (Å²) in [5.74, 6) is -1.20. The first-order chi connectivity index (χ1) is 10.0. The Morgan fingerprint density at radius 3 is 2.62 bits per heavy atom. The van der Waals surface area contributed by atoms with Gasteiger partial charge < -0.3 is 15.9 Å². The number of nitrogens with two attached hydrogens (primary N) is 1. The van der Waals surface area contributed by atoms with Crippen LogP contribution in [0.1, 0.15) is 56.2 Å². The van der Waals surface area contributed by atoms with Crippen molar-refractivity contribution in [2.45, 2.75) is 63.8 Å². The number of aryl methyl sites for hydroxylation is 1. The van der Waals surface area contributed by atoms with Gasteiger partial charge in [0.25, 0.3) is 0 Å². The number of unbranched alkanes of at least 4 members (excludes halogenated alkanes) is 5. The van der Waals surface area contributed by atoms with Crippen molar-refractivity contribution in [1.29, 1.82) is 0 Å². The normalized spacial score (nSPS) is 14.0. The summed E-state index contributed by atoms with van der Waals surface area (Å²) in [6, 6.07) is 0. The summed E-state index contributed by atoms with van der Waals surface area (Å²) >= 11 is 1.42. The lowest BCUT2D eigenvalue weighted by atomic mass is 9.98. The van der Waals surface area contributed by atoms with Crippen LogP contribution in [0.2, 0.25) is 0 Å². The average Bonchev–Trinajstić information content (AvgIpc) is 2.89. The molecular formula is C15H26N2O3S. The molecule has 1 rings (SSSR count). The SMILES string of the molecule is CCCCCCCCc1csc(CC(N)(CO)C(=O)O)n1. The van der Waals surface area contributed by atoms with Crippen molar-refractivity contribution in [3.8, 4) is 0 Å². The van der Waals surface area contributed by atoms with Gasteiger partial charge in [0.05, 0.1) is 17.3 Å². The summed E-state index contributed by atoms with van der Waals surface area (Å²) in [6.07, 6.45) is 8.43. The van der Waals surface area contributed by atoms with E-state index in [2.05, 4.69) is 11.9 Å². The lowest BCUT2D eigenvalue weighted by Gasteiger charge is -2.20. The van der Waals surface area contributed by atoms with Gasteiger partial charge in [-0.25, -0.2) is 4.98 Å². The van der Waals surface area contributed by atoms with Gasteiger partial charge in [0.15, 0.2) is 0 Å². The summed E-state index contributed by atoms with van der Waals surface area (Å²) < 4.78 is 0. The number of aliphatic carboxylic acids is 1. The molecule has 0 bridgehead atoms. The van der Waals surface area contributed by atoms with E-state index in [0.29, 0.717) is 5.01 Å². The molecule has 5 nitrogen and oxygen atoms in total. The maximum absolute atomic E-state index is 11.1. The topological polar surface area (TPSA) is 96.4 Å². The van der Waals surface area contributed by atoms with Gasteiger partial charge >= 0.3 is 5.97 Å². The number of carboxylic acids is 1. The Morgan fingerprint density at radius 1 is 1.33 bits per heavy atom. The van der Waals surface area contributed by atoms with Crippen molar-refractivity contribution in [2.24, 2.45) is 5.73 Å². The molecule has 1 atom stereocenters. The molecule has 4 N–H and O–H groups in total. The van der Waals surface area contributed by atoms with Gasteiger partial charge in [0.1, 0.15) is 5.54 Å². The molecule has 120 valence electrons. The fourth-order valence-corrected chi connectivity index (χ4v) is 3.05. The highest BCUT2D eigenvalue weighted by atomic mass is 32.1. The van der Waals surface area contributed by atoms with Crippen LogP contribution < -0.4 is 5.73 Å². The molecule has 0 saturated carbocycles. The number of rotatable bonds is 11. The van der Waals surface area contributed by atoms with Crippen LogP contribution in [0.5, 0.6) is 0 Å². The Kier molecular flexibility index (Phi) is 7.85. The second-order valence-corrected chi connectivity index (χ2v) is 6.49. The Labute approximate surface area is 130 Å². The number of carboxylic acid groups (broad SMARTS) is 1.